The smallest absolute Gasteiger partial charge is 0.349 e. The number of hydrogen-bond acceptors (Lipinski definition) is 4. The molecular weight excluding hydrogens is 236 g/mol. The van der Waals surface area contributed by atoms with Crippen LogP contribution in [0.5, 0.6) is 0 Å². The molecule has 0 aliphatic carbocycles. The summed E-state index contributed by atoms with van der Waals surface area (Å²) in [7, 11) is 1.34. The molecule has 100 valence electrons. The molecular formula is C12H24O4Si. The van der Waals surface area contributed by atoms with Crippen LogP contribution in [0, 0.1) is 0 Å². The summed E-state index contributed by atoms with van der Waals surface area (Å²) >= 11 is 0. The summed E-state index contributed by atoms with van der Waals surface area (Å²) < 4.78 is 22.9. The lowest BCUT2D eigenvalue weighted by molar-refractivity contribution is 0.193. The van der Waals surface area contributed by atoms with E-state index in [9.17, 15) is 0 Å². The SMILES string of the molecule is CCC(C1CO1)[Si](OC)(OC)C(CC)C1CO1. The minimum Gasteiger partial charge on any atom is -0.397 e. The van der Waals surface area contributed by atoms with Gasteiger partial charge in [0, 0.05) is 25.3 Å². The van der Waals surface area contributed by atoms with Crippen molar-refractivity contribution in [3.8, 4) is 0 Å². The van der Waals surface area contributed by atoms with E-state index in [1.165, 1.54) is 0 Å². The molecule has 2 aliphatic rings. The normalized spacial score (nSPS) is 31.1. The van der Waals surface area contributed by atoms with Crippen LogP contribution in [0.4, 0.5) is 0 Å². The molecule has 0 saturated carbocycles. The Morgan fingerprint density at radius 1 is 1.00 bits per heavy atom. The van der Waals surface area contributed by atoms with Crippen LogP contribution in [0.1, 0.15) is 26.7 Å². The molecule has 2 fully saturated rings. The van der Waals surface area contributed by atoms with Crippen LogP contribution in [0.15, 0.2) is 0 Å². The van der Waals surface area contributed by atoms with Gasteiger partial charge in [0.1, 0.15) is 0 Å². The predicted molar refractivity (Wildman–Crippen MR) is 67.3 cm³/mol. The van der Waals surface area contributed by atoms with Gasteiger partial charge in [-0.25, -0.2) is 0 Å². The Labute approximate surface area is 105 Å². The third-order valence-corrected chi connectivity index (χ3v) is 9.07. The molecule has 2 saturated heterocycles. The zero-order valence-electron chi connectivity index (χ0n) is 11.3. The van der Waals surface area contributed by atoms with E-state index < -0.39 is 8.56 Å². The van der Waals surface area contributed by atoms with Crippen LogP contribution in [-0.4, -0.2) is 48.2 Å². The summed E-state index contributed by atoms with van der Waals surface area (Å²) in [5.74, 6) is 0. The van der Waals surface area contributed by atoms with Crippen molar-refractivity contribution in [2.75, 3.05) is 27.4 Å². The summed E-state index contributed by atoms with van der Waals surface area (Å²) in [4.78, 5) is 0. The minimum absolute atomic E-state index is 0.347. The summed E-state index contributed by atoms with van der Waals surface area (Å²) in [5.41, 5.74) is 0.846. The van der Waals surface area contributed by atoms with Gasteiger partial charge in [0.15, 0.2) is 0 Å². The van der Waals surface area contributed by atoms with Crippen LogP contribution in [0.2, 0.25) is 11.1 Å². The van der Waals surface area contributed by atoms with Gasteiger partial charge in [-0.2, -0.15) is 0 Å². The molecule has 5 heteroatoms. The Morgan fingerprint density at radius 3 is 1.53 bits per heavy atom. The maximum Gasteiger partial charge on any atom is 0.349 e. The van der Waals surface area contributed by atoms with Gasteiger partial charge in [0.2, 0.25) is 0 Å². The second-order valence-corrected chi connectivity index (χ2v) is 8.65. The minimum atomic E-state index is -2.25. The molecule has 2 rings (SSSR count). The summed E-state index contributed by atoms with van der Waals surface area (Å²) in [6, 6.07) is 0. The van der Waals surface area contributed by atoms with Crippen LogP contribution in [0.3, 0.4) is 0 Å². The first-order valence-corrected chi connectivity index (χ1v) is 8.54. The molecule has 4 atom stereocenters. The van der Waals surface area contributed by atoms with Gasteiger partial charge in [0.05, 0.1) is 25.4 Å². The number of rotatable bonds is 8. The lowest BCUT2D eigenvalue weighted by Gasteiger charge is -2.39. The first-order chi connectivity index (χ1) is 8.23. The Kier molecular flexibility index (Phi) is 4.25. The molecule has 0 aromatic rings. The third kappa shape index (κ3) is 2.44. The average molecular weight is 260 g/mol. The Bertz CT molecular complexity index is 227. The molecule has 0 bridgehead atoms. The molecule has 0 amide bonds. The fourth-order valence-corrected chi connectivity index (χ4v) is 7.64. The van der Waals surface area contributed by atoms with Gasteiger partial charge in [-0.15, -0.1) is 0 Å². The lowest BCUT2D eigenvalue weighted by atomic mass is 10.2. The number of hydrogen-bond donors (Lipinski definition) is 0. The van der Waals surface area contributed by atoms with Crippen molar-refractivity contribution < 1.29 is 18.3 Å². The number of epoxide rings is 2. The van der Waals surface area contributed by atoms with E-state index in [0.717, 1.165) is 26.1 Å². The van der Waals surface area contributed by atoms with E-state index in [1.54, 1.807) is 14.2 Å². The third-order valence-electron chi connectivity index (χ3n) is 4.17. The lowest BCUT2D eigenvalue weighted by Crippen LogP contribution is -2.52. The van der Waals surface area contributed by atoms with Crippen LogP contribution in [-0.2, 0) is 18.3 Å². The van der Waals surface area contributed by atoms with Gasteiger partial charge in [-0.1, -0.05) is 13.8 Å². The second-order valence-electron chi connectivity index (χ2n) is 4.90. The molecule has 2 heterocycles. The van der Waals surface area contributed by atoms with Crippen LogP contribution in [0.25, 0.3) is 0 Å². The zero-order chi connectivity index (χ0) is 12.5. The van der Waals surface area contributed by atoms with Crippen LogP contribution >= 0.6 is 0 Å². The summed E-state index contributed by atoms with van der Waals surface area (Å²) in [6.45, 7) is 6.13. The highest BCUT2D eigenvalue weighted by Crippen LogP contribution is 2.48. The Balaban J connectivity index is 2.21. The van der Waals surface area contributed by atoms with Gasteiger partial charge < -0.3 is 18.3 Å². The zero-order valence-corrected chi connectivity index (χ0v) is 12.3. The molecule has 4 nitrogen and oxygen atoms in total. The van der Waals surface area contributed by atoms with E-state index in [4.69, 9.17) is 18.3 Å². The largest absolute Gasteiger partial charge is 0.397 e. The molecule has 0 N–H and O–H groups in total. The van der Waals surface area contributed by atoms with E-state index in [2.05, 4.69) is 13.8 Å². The highest BCUT2D eigenvalue weighted by Gasteiger charge is 2.60. The monoisotopic (exact) mass is 260 g/mol. The standard InChI is InChI=1S/C12H24O4Si/c1-5-11(9-7-15-9)17(13-3,14-4)12(6-2)10-8-16-10/h9-12H,5-8H2,1-4H3. The molecule has 0 aromatic heterocycles. The van der Waals surface area contributed by atoms with Gasteiger partial charge in [-0.3, -0.25) is 0 Å². The summed E-state index contributed by atoms with van der Waals surface area (Å²) in [6.07, 6.45) is 2.81. The van der Waals surface area contributed by atoms with E-state index in [-0.39, 0.29) is 0 Å². The summed E-state index contributed by atoms with van der Waals surface area (Å²) in [5, 5.41) is 0. The van der Waals surface area contributed by atoms with Crippen molar-refractivity contribution >= 4 is 8.56 Å². The quantitative estimate of drug-likeness (QED) is 0.495. The van der Waals surface area contributed by atoms with Crippen molar-refractivity contribution in [2.24, 2.45) is 0 Å². The van der Waals surface area contributed by atoms with Gasteiger partial charge in [-0.05, 0) is 12.8 Å². The van der Waals surface area contributed by atoms with Gasteiger partial charge >= 0.3 is 8.56 Å². The van der Waals surface area contributed by atoms with Crippen molar-refractivity contribution in [1.82, 2.24) is 0 Å². The molecule has 0 spiro atoms. The van der Waals surface area contributed by atoms with E-state index in [0.29, 0.717) is 23.3 Å². The fraction of sp³-hybridized carbons (Fsp3) is 1.00. The number of ether oxygens (including phenoxy) is 2. The topological polar surface area (TPSA) is 43.5 Å². The Hall–Kier alpha value is 0.0569. The molecule has 0 aromatic carbocycles. The Morgan fingerprint density at radius 2 is 1.35 bits per heavy atom. The maximum absolute atomic E-state index is 5.95. The van der Waals surface area contributed by atoms with Crippen molar-refractivity contribution in [2.45, 2.75) is 50.0 Å². The molecule has 4 unspecified atom stereocenters. The van der Waals surface area contributed by atoms with Crippen molar-refractivity contribution in [1.29, 1.82) is 0 Å². The van der Waals surface area contributed by atoms with Crippen molar-refractivity contribution in [3.05, 3.63) is 0 Å². The second kappa shape index (κ2) is 5.36. The first kappa shape index (κ1) is 13.5. The van der Waals surface area contributed by atoms with Crippen molar-refractivity contribution in [3.63, 3.8) is 0 Å². The van der Waals surface area contributed by atoms with E-state index in [1.807, 2.05) is 0 Å². The molecule has 17 heavy (non-hydrogen) atoms. The first-order valence-electron chi connectivity index (χ1n) is 6.56. The molecule has 2 aliphatic heterocycles. The fourth-order valence-electron chi connectivity index (χ4n) is 3.15. The van der Waals surface area contributed by atoms with Gasteiger partial charge in [0.25, 0.3) is 0 Å². The highest BCUT2D eigenvalue weighted by molar-refractivity contribution is 6.71. The average Bonchev–Trinajstić information content (AvgIpc) is 3.20. The molecule has 0 radical (unpaired) electrons. The van der Waals surface area contributed by atoms with Crippen LogP contribution < -0.4 is 0 Å². The maximum atomic E-state index is 5.95. The van der Waals surface area contributed by atoms with E-state index >= 15 is 0 Å². The predicted octanol–water partition coefficient (Wildman–Crippen LogP) is 2.08. The highest BCUT2D eigenvalue weighted by atomic mass is 28.4.